The third-order valence-corrected chi connectivity index (χ3v) is 3.11. The molecule has 4 heteroatoms. The Morgan fingerprint density at radius 3 is 2.67 bits per heavy atom. The van der Waals surface area contributed by atoms with E-state index in [1.54, 1.807) is 0 Å². The van der Waals surface area contributed by atoms with E-state index in [1.807, 2.05) is 30.6 Å². The molecule has 94 valence electrons. The van der Waals surface area contributed by atoms with Gasteiger partial charge in [0.05, 0.1) is 6.04 Å². The van der Waals surface area contributed by atoms with Gasteiger partial charge >= 0.3 is 0 Å². The molecule has 1 aromatic carbocycles. The van der Waals surface area contributed by atoms with Crippen molar-refractivity contribution in [1.29, 1.82) is 0 Å². The summed E-state index contributed by atoms with van der Waals surface area (Å²) in [6.07, 6.45) is 5.21. The summed E-state index contributed by atoms with van der Waals surface area (Å²) in [5.74, 6) is 0. The minimum atomic E-state index is 0.0786. The molecule has 18 heavy (non-hydrogen) atoms. The molecule has 0 bridgehead atoms. The van der Waals surface area contributed by atoms with E-state index in [-0.39, 0.29) is 6.04 Å². The van der Waals surface area contributed by atoms with Crippen LogP contribution in [-0.4, -0.2) is 16.5 Å². The van der Waals surface area contributed by atoms with Crippen molar-refractivity contribution in [2.75, 3.05) is 6.54 Å². The van der Waals surface area contributed by atoms with Gasteiger partial charge in [0.15, 0.2) is 0 Å². The van der Waals surface area contributed by atoms with E-state index in [9.17, 15) is 0 Å². The molecule has 1 heterocycles. The fourth-order valence-corrected chi connectivity index (χ4v) is 2.17. The Labute approximate surface area is 112 Å². The van der Waals surface area contributed by atoms with Gasteiger partial charge in [0.2, 0.25) is 0 Å². The number of benzene rings is 1. The zero-order chi connectivity index (χ0) is 13.0. The molecule has 1 N–H and O–H groups in total. The summed E-state index contributed by atoms with van der Waals surface area (Å²) in [6, 6.07) is 6.02. The highest BCUT2D eigenvalue weighted by atomic mass is 35.5. The van der Waals surface area contributed by atoms with Crippen LogP contribution in [0.5, 0.6) is 0 Å². The summed E-state index contributed by atoms with van der Waals surface area (Å²) in [4.78, 5) is 8.16. The number of aryl methyl sites for hydroxylation is 1. The number of hydrogen-bond donors (Lipinski definition) is 1. The number of rotatable bonds is 4. The molecule has 1 unspecified atom stereocenters. The molecule has 0 saturated heterocycles. The van der Waals surface area contributed by atoms with Crippen molar-refractivity contribution in [3.63, 3.8) is 0 Å². The molecule has 0 spiro atoms. The number of hydrogen-bond acceptors (Lipinski definition) is 3. The average Bonchev–Trinajstić information content (AvgIpc) is 2.40. The summed E-state index contributed by atoms with van der Waals surface area (Å²) in [5.41, 5.74) is 3.41. The van der Waals surface area contributed by atoms with Gasteiger partial charge in [0, 0.05) is 23.0 Å². The van der Waals surface area contributed by atoms with Gasteiger partial charge in [0.1, 0.15) is 6.33 Å². The van der Waals surface area contributed by atoms with E-state index >= 15 is 0 Å². The molecule has 0 aliphatic rings. The molecule has 0 fully saturated rings. The summed E-state index contributed by atoms with van der Waals surface area (Å²) in [7, 11) is 0. The van der Waals surface area contributed by atoms with Crippen LogP contribution >= 0.6 is 11.6 Å². The maximum atomic E-state index is 6.09. The Kier molecular flexibility index (Phi) is 4.28. The summed E-state index contributed by atoms with van der Waals surface area (Å²) in [5, 5.41) is 4.19. The summed E-state index contributed by atoms with van der Waals surface area (Å²) in [6.45, 7) is 5.03. The van der Waals surface area contributed by atoms with Crippen LogP contribution in [0.2, 0.25) is 5.02 Å². The van der Waals surface area contributed by atoms with Crippen LogP contribution in [0, 0.1) is 6.92 Å². The summed E-state index contributed by atoms with van der Waals surface area (Å²) < 4.78 is 0. The van der Waals surface area contributed by atoms with Crippen LogP contribution in [0.25, 0.3) is 0 Å². The molecule has 0 aliphatic heterocycles. The van der Waals surface area contributed by atoms with Crippen molar-refractivity contribution >= 4 is 11.6 Å². The first-order valence-electron chi connectivity index (χ1n) is 5.96. The highest BCUT2D eigenvalue weighted by molar-refractivity contribution is 6.30. The molecule has 1 atom stereocenters. The van der Waals surface area contributed by atoms with Crippen LogP contribution in [-0.2, 0) is 0 Å². The maximum Gasteiger partial charge on any atom is 0.115 e. The predicted octanol–water partition coefficient (Wildman–Crippen LogP) is 3.14. The number of halogens is 1. The van der Waals surface area contributed by atoms with Crippen LogP contribution in [0.1, 0.15) is 29.7 Å². The van der Waals surface area contributed by atoms with Gasteiger partial charge in [-0.1, -0.05) is 24.6 Å². The lowest BCUT2D eigenvalue weighted by Gasteiger charge is -2.20. The van der Waals surface area contributed by atoms with Gasteiger partial charge in [-0.3, -0.25) is 0 Å². The third-order valence-electron chi connectivity index (χ3n) is 2.87. The number of nitrogens with zero attached hydrogens (tertiary/aromatic N) is 2. The number of aromatic nitrogens is 2. The molecule has 1 aromatic heterocycles. The van der Waals surface area contributed by atoms with E-state index in [0.29, 0.717) is 0 Å². The van der Waals surface area contributed by atoms with Gasteiger partial charge in [-0.25, -0.2) is 9.97 Å². The van der Waals surface area contributed by atoms with Gasteiger partial charge in [-0.05, 0) is 36.7 Å². The number of nitrogens with one attached hydrogen (secondary N) is 1. The van der Waals surface area contributed by atoms with E-state index in [0.717, 1.165) is 17.1 Å². The molecular formula is C14H16ClN3. The minimum Gasteiger partial charge on any atom is -0.306 e. The first kappa shape index (κ1) is 13.0. The van der Waals surface area contributed by atoms with Gasteiger partial charge < -0.3 is 5.32 Å². The van der Waals surface area contributed by atoms with Crippen LogP contribution in [0.4, 0.5) is 0 Å². The minimum absolute atomic E-state index is 0.0786. The Morgan fingerprint density at radius 2 is 2.00 bits per heavy atom. The first-order chi connectivity index (χ1) is 8.72. The second-order valence-electron chi connectivity index (χ2n) is 4.16. The first-order valence-corrected chi connectivity index (χ1v) is 6.34. The van der Waals surface area contributed by atoms with Gasteiger partial charge in [-0.15, -0.1) is 0 Å². The van der Waals surface area contributed by atoms with E-state index < -0.39 is 0 Å². The second kappa shape index (κ2) is 5.94. The third kappa shape index (κ3) is 2.86. The zero-order valence-corrected chi connectivity index (χ0v) is 11.3. The Morgan fingerprint density at radius 1 is 1.28 bits per heavy atom. The lowest BCUT2D eigenvalue weighted by atomic mass is 9.97. The second-order valence-corrected chi connectivity index (χ2v) is 4.60. The Bertz CT molecular complexity index is 514. The molecule has 0 radical (unpaired) electrons. The lowest BCUT2D eigenvalue weighted by molar-refractivity contribution is 0.623. The van der Waals surface area contributed by atoms with Gasteiger partial charge in [-0.2, -0.15) is 0 Å². The zero-order valence-electron chi connectivity index (χ0n) is 10.5. The monoisotopic (exact) mass is 261 g/mol. The molecule has 0 saturated carbocycles. The van der Waals surface area contributed by atoms with Crippen molar-refractivity contribution < 1.29 is 0 Å². The fraction of sp³-hybridized carbons (Fsp3) is 0.286. The van der Waals surface area contributed by atoms with Crippen molar-refractivity contribution in [2.45, 2.75) is 19.9 Å². The quantitative estimate of drug-likeness (QED) is 0.919. The molecule has 3 nitrogen and oxygen atoms in total. The largest absolute Gasteiger partial charge is 0.306 e. The SMILES string of the molecule is CCNC(c1cncnc1)c1cc(Cl)ccc1C. The lowest BCUT2D eigenvalue weighted by Crippen LogP contribution is -2.23. The predicted molar refractivity (Wildman–Crippen MR) is 73.7 cm³/mol. The molecule has 2 aromatic rings. The van der Waals surface area contributed by atoms with E-state index in [2.05, 4.69) is 29.1 Å². The normalized spacial score (nSPS) is 12.4. The molecule has 0 amide bonds. The van der Waals surface area contributed by atoms with Crippen molar-refractivity contribution in [3.8, 4) is 0 Å². The van der Waals surface area contributed by atoms with Crippen LogP contribution < -0.4 is 5.32 Å². The molecular weight excluding hydrogens is 246 g/mol. The molecule has 2 rings (SSSR count). The highest BCUT2D eigenvalue weighted by Crippen LogP contribution is 2.26. The average molecular weight is 262 g/mol. The maximum absolute atomic E-state index is 6.09. The van der Waals surface area contributed by atoms with Crippen molar-refractivity contribution in [2.24, 2.45) is 0 Å². The fourth-order valence-electron chi connectivity index (χ4n) is 1.99. The Balaban J connectivity index is 2.44. The van der Waals surface area contributed by atoms with Crippen molar-refractivity contribution in [1.82, 2.24) is 15.3 Å². The smallest absolute Gasteiger partial charge is 0.115 e. The summed E-state index contributed by atoms with van der Waals surface area (Å²) >= 11 is 6.09. The Hall–Kier alpha value is -1.45. The van der Waals surface area contributed by atoms with Crippen molar-refractivity contribution in [3.05, 3.63) is 58.6 Å². The van der Waals surface area contributed by atoms with Crippen LogP contribution in [0.3, 0.4) is 0 Å². The van der Waals surface area contributed by atoms with E-state index in [1.165, 1.54) is 17.5 Å². The standard InChI is InChI=1S/C14H16ClN3/c1-3-18-14(11-7-16-9-17-8-11)13-6-12(15)5-4-10(13)2/h4-9,14,18H,3H2,1-2H3. The molecule has 0 aliphatic carbocycles. The van der Waals surface area contributed by atoms with Crippen LogP contribution in [0.15, 0.2) is 36.9 Å². The van der Waals surface area contributed by atoms with Gasteiger partial charge in [0.25, 0.3) is 0 Å². The highest BCUT2D eigenvalue weighted by Gasteiger charge is 2.15. The topological polar surface area (TPSA) is 37.8 Å². The van der Waals surface area contributed by atoms with E-state index in [4.69, 9.17) is 11.6 Å².